The van der Waals surface area contributed by atoms with Gasteiger partial charge in [0.2, 0.25) is 6.29 Å². The van der Waals surface area contributed by atoms with E-state index in [1.165, 1.54) is 16.7 Å². The van der Waals surface area contributed by atoms with Crippen molar-refractivity contribution in [3.8, 4) is 0 Å². The summed E-state index contributed by atoms with van der Waals surface area (Å²) in [4.78, 5) is 0. The number of hydrogen-bond acceptors (Lipinski definition) is 3. The summed E-state index contributed by atoms with van der Waals surface area (Å²) in [5, 5.41) is 16.0. The molecule has 0 saturated carbocycles. The van der Waals surface area contributed by atoms with Gasteiger partial charge in [0.05, 0.1) is 17.1 Å². The molecule has 0 radical (unpaired) electrons. The van der Waals surface area contributed by atoms with Crippen LogP contribution < -0.4 is 0 Å². The number of rotatable bonds is 9. The molecular formula is C40H46Cl2MnN6. The zero-order chi connectivity index (χ0) is 35.6. The van der Waals surface area contributed by atoms with Crippen molar-refractivity contribution in [1.29, 1.82) is 0 Å². The minimum absolute atomic E-state index is 0.00694. The Labute approximate surface area is 306 Å². The first-order valence-electron chi connectivity index (χ1n) is 16.5. The van der Waals surface area contributed by atoms with Crippen molar-refractivity contribution in [3.05, 3.63) is 160 Å². The van der Waals surface area contributed by atoms with E-state index in [1.807, 2.05) is 0 Å². The fourth-order valence-electron chi connectivity index (χ4n) is 6.40. The van der Waals surface area contributed by atoms with Gasteiger partial charge in [0.25, 0.3) is 0 Å². The molecule has 0 atom stereocenters. The molecule has 3 aromatic carbocycles. The zero-order valence-electron chi connectivity index (χ0n) is 29.8. The predicted octanol–water partition coefficient (Wildman–Crippen LogP) is 10.1. The molecule has 6 rings (SSSR count). The van der Waals surface area contributed by atoms with Gasteiger partial charge in [-0.05, 0) is 55.7 Å². The van der Waals surface area contributed by atoms with Gasteiger partial charge in [-0.15, -0.1) is 0 Å². The second-order valence-electron chi connectivity index (χ2n) is 14.2. The molecule has 6 aromatic rings. The van der Waals surface area contributed by atoms with Crippen LogP contribution in [0.15, 0.2) is 109 Å². The molecule has 0 N–H and O–H groups in total. The Morgan fingerprint density at radius 2 is 0.694 bits per heavy atom. The second kappa shape index (κ2) is 14.7. The van der Waals surface area contributed by atoms with E-state index in [1.54, 1.807) is 0 Å². The Balaban J connectivity index is 0.00000151. The van der Waals surface area contributed by atoms with Gasteiger partial charge in [0.1, 0.15) is 0 Å². The molecule has 9 heteroatoms. The van der Waals surface area contributed by atoms with E-state index >= 15 is 0 Å². The summed E-state index contributed by atoms with van der Waals surface area (Å²) in [6.07, 6.45) is -0.444. The average Bonchev–Trinajstić information content (AvgIpc) is 3.80. The van der Waals surface area contributed by atoms with Crippen LogP contribution >= 0.6 is 20.2 Å². The zero-order valence-corrected chi connectivity index (χ0v) is 32.5. The van der Waals surface area contributed by atoms with E-state index in [4.69, 9.17) is 35.5 Å². The van der Waals surface area contributed by atoms with Gasteiger partial charge in [-0.3, -0.25) is 0 Å². The quantitative estimate of drug-likeness (QED) is 0.139. The molecule has 0 bridgehead atoms. The van der Waals surface area contributed by atoms with Crippen LogP contribution in [0, 0.1) is 20.8 Å². The molecule has 0 saturated heterocycles. The van der Waals surface area contributed by atoms with Gasteiger partial charge < -0.3 is 0 Å². The van der Waals surface area contributed by atoms with Crippen LogP contribution in [-0.2, 0) is 29.4 Å². The monoisotopic (exact) mass is 735 g/mol. The molecule has 49 heavy (non-hydrogen) atoms. The third-order valence-corrected chi connectivity index (χ3v) is 9.83. The maximum atomic E-state index is 5.35. The van der Waals surface area contributed by atoms with Crippen LogP contribution in [0.5, 0.6) is 0 Å². The Kier molecular flexibility index (Phi) is 11.0. The summed E-state index contributed by atoms with van der Waals surface area (Å²) >= 11 is 0.00694. The van der Waals surface area contributed by atoms with Gasteiger partial charge in [0.15, 0.2) is 0 Å². The Bertz CT molecular complexity index is 1750. The second-order valence-corrected chi connectivity index (χ2v) is 16.2. The Hall–Kier alpha value is -3.61. The standard InChI is InChI=1S/C40H46N6.2ClH.Mn/c1-28-25-34(38(4,5)31-19-13-10-14-20-31)41-44(28)37(45-29(2)26-35(42-45)39(6,7)32-21-15-11-16-22-32)46-30(3)27-36(43-46)40(8,9)33-23-17-12-18-24-33;;;/h10-27,37H,1-9H3;2*1H;/q;;;+2/p-2. The molecule has 257 valence electrons. The topological polar surface area (TPSA) is 53.5 Å². The van der Waals surface area contributed by atoms with Gasteiger partial charge >= 0.3 is 33.3 Å². The normalized spacial score (nSPS) is 12.2. The van der Waals surface area contributed by atoms with E-state index in [-0.39, 0.29) is 29.4 Å². The molecule has 0 aliphatic heterocycles. The Morgan fingerprint density at radius 1 is 0.469 bits per heavy atom. The van der Waals surface area contributed by atoms with Crippen molar-refractivity contribution < 1.29 is 13.1 Å². The SMILES string of the molecule is Cc1cc(C(C)(C)c2ccccc2)nn1C(n1nc(C(C)(C)c2ccccc2)cc1C)n1nc(C(C)(C)c2ccccc2)cc1C.[Cl][Mn][Cl]. The van der Waals surface area contributed by atoms with Crippen molar-refractivity contribution in [3.63, 3.8) is 0 Å². The molecule has 3 heterocycles. The molecule has 0 spiro atoms. The summed E-state index contributed by atoms with van der Waals surface area (Å²) < 4.78 is 6.29. The average molecular weight is 737 g/mol. The molecule has 0 unspecified atom stereocenters. The van der Waals surface area contributed by atoms with Gasteiger partial charge in [-0.2, -0.15) is 15.3 Å². The number of halogens is 2. The Morgan fingerprint density at radius 3 is 0.918 bits per heavy atom. The van der Waals surface area contributed by atoms with Crippen molar-refractivity contribution in [2.24, 2.45) is 0 Å². The van der Waals surface area contributed by atoms with Gasteiger partial charge in [0, 0.05) is 33.3 Å². The van der Waals surface area contributed by atoms with Crippen LogP contribution in [0.4, 0.5) is 0 Å². The molecule has 0 aliphatic rings. The number of benzene rings is 3. The minimum atomic E-state index is -0.444. The summed E-state index contributed by atoms with van der Waals surface area (Å²) in [5.74, 6) is 0. The van der Waals surface area contributed by atoms with Crippen LogP contribution in [0.1, 0.15) is 98.7 Å². The van der Waals surface area contributed by atoms with Gasteiger partial charge in [-0.25, -0.2) is 14.0 Å². The third kappa shape index (κ3) is 7.32. The number of nitrogens with zero attached hydrogens (tertiary/aromatic N) is 6. The molecule has 0 aliphatic carbocycles. The first-order chi connectivity index (χ1) is 23.2. The van der Waals surface area contributed by atoms with Crippen molar-refractivity contribution in [2.75, 3.05) is 0 Å². The first kappa shape index (κ1) is 36.7. The molecular weight excluding hydrogens is 690 g/mol. The van der Waals surface area contributed by atoms with Crippen LogP contribution in [0.2, 0.25) is 0 Å². The fourth-order valence-corrected chi connectivity index (χ4v) is 6.40. The summed E-state index contributed by atoms with van der Waals surface area (Å²) in [7, 11) is 9.59. The van der Waals surface area contributed by atoms with E-state index in [2.05, 4.69) is 186 Å². The first-order valence-corrected chi connectivity index (χ1v) is 19.7. The molecule has 0 amide bonds. The summed E-state index contributed by atoms with van der Waals surface area (Å²) in [6, 6.07) is 38.4. The fraction of sp³-hybridized carbons (Fsp3) is 0.325. The molecule has 3 aromatic heterocycles. The summed E-state index contributed by atoms with van der Waals surface area (Å²) in [6.45, 7) is 19.8. The van der Waals surface area contributed by atoms with Crippen molar-refractivity contribution in [1.82, 2.24) is 29.3 Å². The number of aryl methyl sites for hydroxylation is 3. The number of aromatic nitrogens is 6. The molecule has 6 nitrogen and oxygen atoms in total. The van der Waals surface area contributed by atoms with Crippen molar-refractivity contribution >= 4 is 20.2 Å². The number of hydrogen-bond donors (Lipinski definition) is 0. The van der Waals surface area contributed by atoms with Crippen molar-refractivity contribution in [2.45, 2.75) is 84.8 Å². The third-order valence-electron chi connectivity index (χ3n) is 9.83. The van der Waals surface area contributed by atoms with E-state index in [9.17, 15) is 0 Å². The van der Waals surface area contributed by atoms with Crippen LogP contribution in [0.3, 0.4) is 0 Å². The maximum absolute atomic E-state index is 5.35. The van der Waals surface area contributed by atoms with E-state index in [0.717, 1.165) is 34.2 Å². The van der Waals surface area contributed by atoms with Gasteiger partial charge in [-0.1, -0.05) is 133 Å². The van der Waals surface area contributed by atoms with Crippen LogP contribution in [0.25, 0.3) is 0 Å². The van der Waals surface area contributed by atoms with Crippen LogP contribution in [-0.4, -0.2) is 29.3 Å². The van der Waals surface area contributed by atoms with E-state index in [0.29, 0.717) is 0 Å². The molecule has 0 fully saturated rings. The summed E-state index contributed by atoms with van der Waals surface area (Å²) in [5.41, 5.74) is 8.94. The predicted molar refractivity (Wildman–Crippen MR) is 198 cm³/mol. The van der Waals surface area contributed by atoms with E-state index < -0.39 is 6.29 Å².